The summed E-state index contributed by atoms with van der Waals surface area (Å²) < 4.78 is 28.6. The smallest absolute Gasteiger partial charge is 0.251 e. The van der Waals surface area contributed by atoms with Gasteiger partial charge in [0.1, 0.15) is 11.6 Å². The van der Waals surface area contributed by atoms with E-state index < -0.39 is 17.5 Å². The van der Waals surface area contributed by atoms with Crippen molar-refractivity contribution in [3.63, 3.8) is 0 Å². The fourth-order valence-electron chi connectivity index (χ4n) is 1.74. The minimum absolute atomic E-state index is 0.0180. The van der Waals surface area contributed by atoms with Crippen molar-refractivity contribution in [2.75, 3.05) is 5.32 Å². The quantitative estimate of drug-likeness (QED) is 0.878. The van der Waals surface area contributed by atoms with Crippen LogP contribution < -0.4 is 11.1 Å². The van der Waals surface area contributed by atoms with Crippen LogP contribution in [0.4, 0.5) is 14.5 Å². The first-order valence-electron chi connectivity index (χ1n) is 6.05. The van der Waals surface area contributed by atoms with Crippen LogP contribution in [-0.4, -0.2) is 15.7 Å². The number of anilines is 1. The van der Waals surface area contributed by atoms with Crippen LogP contribution in [0, 0.1) is 11.6 Å². The first kappa shape index (κ1) is 14.0. The summed E-state index contributed by atoms with van der Waals surface area (Å²) in [5.41, 5.74) is 5.53. The third kappa shape index (κ3) is 2.93. The number of primary amides is 1. The maximum absolute atomic E-state index is 13.6. The second kappa shape index (κ2) is 5.68. The number of amides is 1. The van der Waals surface area contributed by atoms with Gasteiger partial charge in [0.15, 0.2) is 0 Å². The van der Waals surface area contributed by atoms with Crippen LogP contribution in [-0.2, 0) is 13.1 Å². The lowest BCUT2D eigenvalue weighted by Crippen LogP contribution is -2.14. The number of carbonyl (C=O) groups is 1. The van der Waals surface area contributed by atoms with Gasteiger partial charge in [-0.1, -0.05) is 0 Å². The predicted octanol–water partition coefficient (Wildman–Crippen LogP) is 1.89. The summed E-state index contributed by atoms with van der Waals surface area (Å²) in [4.78, 5) is 11.0. The molecule has 1 aromatic carbocycles. The summed E-state index contributed by atoms with van der Waals surface area (Å²) >= 11 is 0. The van der Waals surface area contributed by atoms with Gasteiger partial charge in [0.25, 0.3) is 5.91 Å². The van der Waals surface area contributed by atoms with Crippen molar-refractivity contribution in [2.24, 2.45) is 5.73 Å². The van der Waals surface area contributed by atoms with Crippen molar-refractivity contribution in [2.45, 2.75) is 20.0 Å². The molecule has 1 aromatic heterocycles. The van der Waals surface area contributed by atoms with E-state index in [1.807, 2.05) is 13.1 Å². The number of nitrogens with zero attached hydrogens (tertiary/aromatic N) is 2. The van der Waals surface area contributed by atoms with Crippen LogP contribution >= 0.6 is 0 Å². The number of benzene rings is 1. The molecule has 0 spiro atoms. The Balaban J connectivity index is 2.16. The minimum atomic E-state index is -0.973. The van der Waals surface area contributed by atoms with E-state index in [1.54, 1.807) is 10.9 Å². The first-order valence-corrected chi connectivity index (χ1v) is 6.05. The molecule has 0 unspecified atom stereocenters. The Morgan fingerprint density at radius 2 is 2.15 bits per heavy atom. The normalized spacial score (nSPS) is 10.6. The molecule has 1 heterocycles. The van der Waals surface area contributed by atoms with E-state index in [1.165, 1.54) is 0 Å². The number of rotatable bonds is 5. The van der Waals surface area contributed by atoms with Crippen molar-refractivity contribution in [1.29, 1.82) is 0 Å². The molecule has 7 heteroatoms. The van der Waals surface area contributed by atoms with Gasteiger partial charge >= 0.3 is 0 Å². The van der Waals surface area contributed by atoms with Crippen LogP contribution in [0.3, 0.4) is 0 Å². The monoisotopic (exact) mass is 280 g/mol. The average molecular weight is 280 g/mol. The van der Waals surface area contributed by atoms with Gasteiger partial charge in [-0.25, -0.2) is 8.78 Å². The summed E-state index contributed by atoms with van der Waals surface area (Å²) in [7, 11) is 0. The molecule has 2 rings (SSSR count). The van der Waals surface area contributed by atoms with Gasteiger partial charge in [0.05, 0.1) is 17.4 Å². The second-order valence-corrected chi connectivity index (χ2v) is 4.23. The summed E-state index contributed by atoms with van der Waals surface area (Å²) in [6.45, 7) is 2.99. The molecular weight excluding hydrogens is 266 g/mol. The van der Waals surface area contributed by atoms with Gasteiger partial charge in [-0.15, -0.1) is 0 Å². The second-order valence-electron chi connectivity index (χ2n) is 4.23. The highest BCUT2D eigenvalue weighted by Gasteiger charge is 2.13. The highest BCUT2D eigenvalue weighted by molar-refractivity contribution is 5.94. The Morgan fingerprint density at radius 3 is 2.75 bits per heavy atom. The number of carbonyl (C=O) groups excluding carboxylic acids is 1. The third-order valence-electron chi connectivity index (χ3n) is 2.82. The number of nitrogens with two attached hydrogens (primary N) is 1. The van der Waals surface area contributed by atoms with E-state index in [0.29, 0.717) is 12.6 Å². The Hall–Kier alpha value is -2.44. The fraction of sp³-hybridized carbons (Fsp3) is 0.231. The molecule has 0 aliphatic heterocycles. The van der Waals surface area contributed by atoms with Crippen molar-refractivity contribution in [1.82, 2.24) is 9.78 Å². The summed E-state index contributed by atoms with van der Waals surface area (Å²) in [6.07, 6.45) is 3.45. The molecule has 3 N–H and O–H groups in total. The zero-order valence-electron chi connectivity index (χ0n) is 10.9. The van der Waals surface area contributed by atoms with Crippen molar-refractivity contribution < 1.29 is 13.6 Å². The van der Waals surface area contributed by atoms with E-state index >= 15 is 0 Å². The number of nitrogens with one attached hydrogen (secondary N) is 1. The maximum Gasteiger partial charge on any atom is 0.251 e. The van der Waals surface area contributed by atoms with Gasteiger partial charge in [-0.3, -0.25) is 9.48 Å². The summed E-state index contributed by atoms with van der Waals surface area (Å²) in [6, 6.07) is 1.70. The van der Waals surface area contributed by atoms with E-state index in [9.17, 15) is 13.6 Å². The van der Waals surface area contributed by atoms with E-state index in [4.69, 9.17) is 5.73 Å². The Kier molecular flexibility index (Phi) is 3.97. The number of aromatic nitrogens is 2. The van der Waals surface area contributed by atoms with Crippen LogP contribution in [0.2, 0.25) is 0 Å². The molecular formula is C13H14F2N4O. The summed E-state index contributed by atoms with van der Waals surface area (Å²) in [5, 5.41) is 6.86. The van der Waals surface area contributed by atoms with E-state index in [2.05, 4.69) is 10.4 Å². The zero-order valence-corrected chi connectivity index (χ0v) is 10.9. The molecule has 0 saturated carbocycles. The predicted molar refractivity (Wildman–Crippen MR) is 70.1 cm³/mol. The van der Waals surface area contributed by atoms with Crippen LogP contribution in [0.5, 0.6) is 0 Å². The molecule has 0 radical (unpaired) electrons. The molecule has 106 valence electrons. The molecule has 0 saturated heterocycles. The topological polar surface area (TPSA) is 72.9 Å². The molecule has 0 aliphatic rings. The standard InChI is InChI=1S/C13H14F2N4O/c1-2-19-7-8(6-18-19)5-17-12-3-9(13(16)20)10(14)4-11(12)15/h3-4,6-7,17H,2,5H2,1H3,(H2,16,20). The molecule has 0 atom stereocenters. The lowest BCUT2D eigenvalue weighted by atomic mass is 10.1. The van der Waals surface area contributed by atoms with E-state index in [-0.39, 0.29) is 11.3 Å². The van der Waals surface area contributed by atoms with Crippen molar-refractivity contribution in [3.05, 3.63) is 47.3 Å². The molecule has 1 amide bonds. The molecule has 0 bridgehead atoms. The largest absolute Gasteiger partial charge is 0.378 e. The van der Waals surface area contributed by atoms with Crippen molar-refractivity contribution >= 4 is 11.6 Å². The van der Waals surface area contributed by atoms with Crippen LogP contribution in [0.25, 0.3) is 0 Å². The van der Waals surface area contributed by atoms with Crippen LogP contribution in [0.15, 0.2) is 24.5 Å². The number of hydrogen-bond donors (Lipinski definition) is 2. The molecule has 2 aromatic rings. The van der Waals surface area contributed by atoms with Gasteiger partial charge in [-0.2, -0.15) is 5.10 Å². The maximum atomic E-state index is 13.6. The lowest BCUT2D eigenvalue weighted by molar-refractivity contribution is 0.0996. The first-order chi connectivity index (χ1) is 9.51. The van der Waals surface area contributed by atoms with Crippen molar-refractivity contribution in [3.8, 4) is 0 Å². The lowest BCUT2D eigenvalue weighted by Gasteiger charge is -2.08. The SMILES string of the molecule is CCn1cc(CNc2cc(C(N)=O)c(F)cc2F)cn1. The third-order valence-corrected chi connectivity index (χ3v) is 2.82. The summed E-state index contributed by atoms with van der Waals surface area (Å²) in [5.74, 6) is -2.70. The minimum Gasteiger partial charge on any atom is -0.378 e. The number of aryl methyl sites for hydroxylation is 1. The fourth-order valence-corrected chi connectivity index (χ4v) is 1.74. The van der Waals surface area contributed by atoms with Gasteiger partial charge in [-0.05, 0) is 13.0 Å². The van der Waals surface area contributed by atoms with Gasteiger partial charge < -0.3 is 11.1 Å². The molecule has 0 aliphatic carbocycles. The Labute approximate surface area is 114 Å². The van der Waals surface area contributed by atoms with Gasteiger partial charge in [0, 0.05) is 30.9 Å². The zero-order chi connectivity index (χ0) is 14.7. The highest BCUT2D eigenvalue weighted by Crippen LogP contribution is 2.20. The van der Waals surface area contributed by atoms with Gasteiger partial charge in [0.2, 0.25) is 0 Å². The molecule has 5 nitrogen and oxygen atoms in total. The average Bonchev–Trinajstić information content (AvgIpc) is 2.85. The number of halogens is 2. The molecule has 20 heavy (non-hydrogen) atoms. The number of hydrogen-bond acceptors (Lipinski definition) is 3. The molecule has 0 fully saturated rings. The van der Waals surface area contributed by atoms with E-state index in [0.717, 1.165) is 18.2 Å². The van der Waals surface area contributed by atoms with Crippen LogP contribution in [0.1, 0.15) is 22.8 Å². The Bertz CT molecular complexity index is 639. The Morgan fingerprint density at radius 1 is 1.40 bits per heavy atom. The highest BCUT2D eigenvalue weighted by atomic mass is 19.1.